The van der Waals surface area contributed by atoms with E-state index in [1.807, 2.05) is 24.3 Å². The van der Waals surface area contributed by atoms with Crippen LogP contribution in [0.5, 0.6) is 5.75 Å². The lowest BCUT2D eigenvalue weighted by atomic mass is 9.40. The zero-order valence-corrected chi connectivity index (χ0v) is 25.9. The molecule has 0 spiro atoms. The Morgan fingerprint density at radius 1 is 1.00 bits per heavy atom. The van der Waals surface area contributed by atoms with E-state index in [2.05, 4.69) is 19.2 Å². The summed E-state index contributed by atoms with van der Waals surface area (Å²) in [5.41, 5.74) is -2.19. The lowest BCUT2D eigenvalue weighted by Crippen LogP contribution is -2.76. The number of Topliss-reactive ketones (excluding diaryl/α,β-unsaturated/α-hetero) is 5. The fraction of sp³-hybridized carbons (Fsp3) is 0.514. The van der Waals surface area contributed by atoms with Crippen LogP contribution in [0.4, 0.5) is 5.69 Å². The number of aliphatic hydroxyl groups is 1. The second-order valence-electron chi connectivity index (χ2n) is 13.8. The Labute approximate surface area is 252 Å². The number of benzene rings is 2. The summed E-state index contributed by atoms with van der Waals surface area (Å²) in [5.74, 6) is -8.92. The van der Waals surface area contributed by atoms with Gasteiger partial charge in [0.05, 0.1) is 11.5 Å². The summed E-state index contributed by atoms with van der Waals surface area (Å²) in [6, 6.07) is 11.3. The maximum Gasteiger partial charge on any atom is 0.190 e. The third kappa shape index (κ3) is 4.24. The predicted octanol–water partition coefficient (Wildman–Crippen LogP) is 4.97. The van der Waals surface area contributed by atoms with E-state index >= 15 is 0 Å². The molecule has 0 aromatic heterocycles. The van der Waals surface area contributed by atoms with Crippen LogP contribution in [0.25, 0.3) is 11.1 Å². The molecule has 0 heterocycles. The Morgan fingerprint density at radius 2 is 1.63 bits per heavy atom. The van der Waals surface area contributed by atoms with Crippen LogP contribution in [-0.4, -0.2) is 50.8 Å². The molecule has 8 nitrogen and oxygen atoms in total. The first-order chi connectivity index (χ1) is 20.0. The number of phenols is 1. The zero-order valence-electron chi connectivity index (χ0n) is 25.9. The van der Waals surface area contributed by atoms with Gasteiger partial charge in [-0.3, -0.25) is 24.0 Å². The minimum Gasteiger partial charge on any atom is -0.507 e. The van der Waals surface area contributed by atoms with Crippen LogP contribution in [0.2, 0.25) is 0 Å². The van der Waals surface area contributed by atoms with E-state index in [1.165, 1.54) is 6.07 Å². The quantitative estimate of drug-likeness (QED) is 0.403. The molecule has 3 aliphatic carbocycles. The molecule has 3 N–H and O–H groups in total. The third-order valence-corrected chi connectivity index (χ3v) is 10.5. The van der Waals surface area contributed by atoms with Crippen LogP contribution in [0, 0.1) is 34.5 Å². The minimum atomic E-state index is -2.70. The number of nitrogens with one attached hydrogen (secondary N) is 1. The van der Waals surface area contributed by atoms with E-state index in [0.29, 0.717) is 11.6 Å². The van der Waals surface area contributed by atoms with Crippen molar-refractivity contribution < 1.29 is 34.2 Å². The molecule has 2 aromatic carbocycles. The van der Waals surface area contributed by atoms with Crippen LogP contribution >= 0.6 is 0 Å². The van der Waals surface area contributed by atoms with Crippen molar-refractivity contribution in [1.29, 1.82) is 0 Å². The van der Waals surface area contributed by atoms with E-state index in [1.54, 1.807) is 33.8 Å². The number of aromatic hydroxyl groups is 1. The summed E-state index contributed by atoms with van der Waals surface area (Å²) in [5, 5.41) is 26.5. The molecule has 0 bridgehead atoms. The molecule has 7 atom stereocenters. The fourth-order valence-corrected chi connectivity index (χ4v) is 8.54. The van der Waals surface area contributed by atoms with Gasteiger partial charge in [-0.25, -0.2) is 0 Å². The molecule has 2 saturated carbocycles. The summed E-state index contributed by atoms with van der Waals surface area (Å²) in [4.78, 5) is 68.7. The molecule has 43 heavy (non-hydrogen) atoms. The first kappa shape index (κ1) is 30.8. The Hall–Kier alpha value is -3.65. The van der Waals surface area contributed by atoms with E-state index in [4.69, 9.17) is 0 Å². The van der Waals surface area contributed by atoms with Crippen LogP contribution in [0.3, 0.4) is 0 Å². The highest BCUT2D eigenvalue weighted by atomic mass is 16.3. The van der Waals surface area contributed by atoms with Gasteiger partial charge in [0.25, 0.3) is 0 Å². The molecule has 4 unspecified atom stereocenters. The number of carbonyl (C=O) groups is 5. The van der Waals surface area contributed by atoms with Crippen molar-refractivity contribution in [2.75, 3.05) is 5.32 Å². The van der Waals surface area contributed by atoms with Crippen LogP contribution < -0.4 is 5.32 Å². The fourth-order valence-electron chi connectivity index (χ4n) is 8.54. The largest absolute Gasteiger partial charge is 0.507 e. The second kappa shape index (κ2) is 10.2. The Kier molecular flexibility index (Phi) is 7.32. The summed E-state index contributed by atoms with van der Waals surface area (Å²) in [7, 11) is 0. The zero-order chi connectivity index (χ0) is 31.8. The van der Waals surface area contributed by atoms with Crippen LogP contribution in [0.1, 0.15) is 77.2 Å². The summed E-state index contributed by atoms with van der Waals surface area (Å²) in [6.07, 6.45) is 1.19. The molecule has 0 aliphatic heterocycles. The molecule has 0 saturated heterocycles. The molecule has 0 amide bonds. The van der Waals surface area contributed by atoms with Gasteiger partial charge in [-0.15, -0.1) is 0 Å². The third-order valence-electron chi connectivity index (χ3n) is 10.5. The number of hydrogen-bond donors (Lipinski definition) is 3. The molecule has 228 valence electrons. The van der Waals surface area contributed by atoms with Gasteiger partial charge in [-0.1, -0.05) is 52.8 Å². The van der Waals surface area contributed by atoms with E-state index in [-0.39, 0.29) is 30.1 Å². The SMILES string of the molecule is CCC(C)Nc1ccc(-c2ccc(O)c3c2C[C@]2(C)C[C@]4(C)C(C(C)C)C(=O)C(C(C)=O)C(=O)[C@]4(O)C(=O)C2C3=O)cc1. The monoisotopic (exact) mass is 587 g/mol. The molecule has 5 rings (SSSR count). The van der Waals surface area contributed by atoms with Crippen LogP contribution in [-0.2, 0) is 25.6 Å². The Bertz CT molecular complexity index is 1560. The summed E-state index contributed by atoms with van der Waals surface area (Å²) >= 11 is 0. The normalized spacial score (nSPS) is 32.6. The van der Waals surface area contributed by atoms with Gasteiger partial charge < -0.3 is 15.5 Å². The Balaban J connectivity index is 1.66. The number of anilines is 1. The first-order valence-corrected chi connectivity index (χ1v) is 15.1. The standard InChI is InChI=1S/C35H41NO7/c1-8-18(4)36-21-11-9-20(10-12-21)22-13-14-24(38)26-23(22)15-33(6)16-34(7)27(17(2)3)29(39)25(19(5)37)31(41)35(34,43)32(42)28(33)30(26)40/h9-14,17-18,25,27-28,36,38,43H,8,15-16H2,1-7H3/t18?,25?,27?,28?,33-,34-,35+/m1/s1. The van der Waals surface area contributed by atoms with Gasteiger partial charge >= 0.3 is 0 Å². The van der Waals surface area contributed by atoms with Crippen molar-refractivity contribution in [3.63, 3.8) is 0 Å². The van der Waals surface area contributed by atoms with Crippen LogP contribution in [0.15, 0.2) is 36.4 Å². The average molecular weight is 588 g/mol. The first-order valence-electron chi connectivity index (χ1n) is 15.1. The molecule has 3 aliphatic rings. The van der Waals surface area contributed by atoms with Crippen molar-refractivity contribution in [3.8, 4) is 16.9 Å². The number of fused-ring (bicyclic) bond motifs is 3. The number of carbonyl (C=O) groups excluding carboxylic acids is 5. The average Bonchev–Trinajstić information content (AvgIpc) is 2.91. The maximum absolute atomic E-state index is 14.4. The van der Waals surface area contributed by atoms with Crippen molar-refractivity contribution in [1.82, 2.24) is 0 Å². The van der Waals surface area contributed by atoms with Gasteiger partial charge in [-0.2, -0.15) is 0 Å². The van der Waals surface area contributed by atoms with Crippen molar-refractivity contribution in [3.05, 3.63) is 47.5 Å². The van der Waals surface area contributed by atoms with Crippen molar-refractivity contribution in [2.24, 2.45) is 34.5 Å². The van der Waals surface area contributed by atoms with E-state index < -0.39 is 63.1 Å². The van der Waals surface area contributed by atoms with E-state index in [9.17, 15) is 34.2 Å². The molecular formula is C35H41NO7. The highest BCUT2D eigenvalue weighted by Gasteiger charge is 2.76. The highest BCUT2D eigenvalue weighted by Crippen LogP contribution is 2.64. The number of hydrogen-bond acceptors (Lipinski definition) is 8. The smallest absolute Gasteiger partial charge is 0.190 e. The van der Waals surface area contributed by atoms with E-state index in [0.717, 1.165) is 30.2 Å². The summed E-state index contributed by atoms with van der Waals surface area (Å²) in [6.45, 7) is 12.2. The molecule has 0 radical (unpaired) electrons. The lowest BCUT2D eigenvalue weighted by molar-refractivity contribution is -0.205. The Morgan fingerprint density at radius 3 is 2.19 bits per heavy atom. The second-order valence-corrected chi connectivity index (χ2v) is 13.8. The van der Waals surface area contributed by atoms with Gasteiger partial charge in [0, 0.05) is 23.1 Å². The maximum atomic E-state index is 14.4. The number of ketones is 5. The molecule has 8 heteroatoms. The molecular weight excluding hydrogens is 546 g/mol. The van der Waals surface area contributed by atoms with Gasteiger partial charge in [0.15, 0.2) is 28.7 Å². The molecule has 2 fully saturated rings. The molecule has 2 aromatic rings. The minimum absolute atomic E-state index is 0.00481. The van der Waals surface area contributed by atoms with Crippen molar-refractivity contribution in [2.45, 2.75) is 79.4 Å². The number of phenolic OH excluding ortho intramolecular Hbond substituents is 1. The topological polar surface area (TPSA) is 138 Å². The van der Waals surface area contributed by atoms with Gasteiger partial charge in [-0.05, 0) is 79.3 Å². The van der Waals surface area contributed by atoms with Gasteiger partial charge in [0.1, 0.15) is 17.5 Å². The lowest BCUT2D eigenvalue weighted by Gasteiger charge is -2.61. The van der Waals surface area contributed by atoms with Gasteiger partial charge in [0.2, 0.25) is 0 Å². The summed E-state index contributed by atoms with van der Waals surface area (Å²) < 4.78 is 0. The highest BCUT2D eigenvalue weighted by molar-refractivity contribution is 6.32. The van der Waals surface area contributed by atoms with Crippen molar-refractivity contribution >= 4 is 34.6 Å². The predicted molar refractivity (Wildman–Crippen MR) is 162 cm³/mol. The number of rotatable bonds is 6.